The number of imidazole rings is 1. The number of nitrogens with two attached hydrogens (primary N) is 1. The molecule has 15 heavy (non-hydrogen) atoms. The Labute approximate surface area is 84.5 Å². The molecule has 0 fully saturated rings. The van der Waals surface area contributed by atoms with Gasteiger partial charge in [0.25, 0.3) is 5.91 Å². The van der Waals surface area contributed by atoms with Crippen LogP contribution in [-0.4, -0.2) is 20.5 Å². The lowest BCUT2D eigenvalue weighted by molar-refractivity contribution is 0.0995. The van der Waals surface area contributed by atoms with Crippen molar-refractivity contribution in [3.8, 4) is 0 Å². The van der Waals surface area contributed by atoms with E-state index in [1.807, 2.05) is 24.3 Å². The lowest BCUT2D eigenvalue weighted by Crippen LogP contribution is -2.11. The van der Waals surface area contributed by atoms with Crippen molar-refractivity contribution in [2.45, 2.75) is 0 Å². The van der Waals surface area contributed by atoms with Crippen molar-refractivity contribution in [2.24, 2.45) is 5.73 Å². The molecular formula is C10H8N4O. The molecule has 0 aliphatic carbocycles. The number of benzene rings is 1. The number of rotatable bonds is 1. The SMILES string of the molecule is NC(=O)c1cc2nc3ccccc3n2[nH]1. The molecule has 3 aromatic rings. The monoisotopic (exact) mass is 200 g/mol. The highest BCUT2D eigenvalue weighted by Crippen LogP contribution is 2.16. The number of H-pyrrole nitrogens is 1. The molecule has 0 aliphatic rings. The van der Waals surface area contributed by atoms with Gasteiger partial charge in [-0.05, 0) is 12.1 Å². The van der Waals surface area contributed by atoms with Crippen molar-refractivity contribution in [3.63, 3.8) is 0 Å². The van der Waals surface area contributed by atoms with E-state index in [0.29, 0.717) is 11.3 Å². The zero-order chi connectivity index (χ0) is 10.4. The van der Waals surface area contributed by atoms with Crippen LogP contribution in [0.15, 0.2) is 30.3 Å². The number of hydrogen-bond donors (Lipinski definition) is 2. The highest BCUT2D eigenvalue weighted by molar-refractivity contribution is 5.93. The van der Waals surface area contributed by atoms with Crippen LogP contribution in [0.3, 0.4) is 0 Å². The predicted octanol–water partition coefficient (Wildman–Crippen LogP) is 0.914. The Balaban J connectivity index is 2.42. The number of aromatic amines is 1. The zero-order valence-electron chi connectivity index (χ0n) is 7.77. The second-order valence-electron chi connectivity index (χ2n) is 3.33. The van der Waals surface area contributed by atoms with Gasteiger partial charge in [0, 0.05) is 6.07 Å². The normalized spacial score (nSPS) is 11.2. The molecule has 0 atom stereocenters. The summed E-state index contributed by atoms with van der Waals surface area (Å²) < 4.78 is 1.75. The summed E-state index contributed by atoms with van der Waals surface area (Å²) in [4.78, 5) is 15.3. The van der Waals surface area contributed by atoms with Gasteiger partial charge in [-0.3, -0.25) is 9.89 Å². The van der Waals surface area contributed by atoms with E-state index in [0.717, 1.165) is 11.0 Å². The van der Waals surface area contributed by atoms with E-state index in [1.165, 1.54) is 0 Å². The Bertz CT molecular complexity index is 664. The lowest BCUT2D eigenvalue weighted by Gasteiger charge is -1.90. The van der Waals surface area contributed by atoms with Gasteiger partial charge in [-0.25, -0.2) is 9.50 Å². The van der Waals surface area contributed by atoms with Crippen LogP contribution in [0.1, 0.15) is 10.5 Å². The maximum absolute atomic E-state index is 11.0. The number of fused-ring (bicyclic) bond motifs is 3. The van der Waals surface area contributed by atoms with Gasteiger partial charge in [-0.15, -0.1) is 0 Å². The van der Waals surface area contributed by atoms with Crippen LogP contribution in [0.5, 0.6) is 0 Å². The summed E-state index contributed by atoms with van der Waals surface area (Å²) >= 11 is 0. The molecule has 0 saturated carbocycles. The summed E-state index contributed by atoms with van der Waals surface area (Å²) in [6, 6.07) is 9.32. The van der Waals surface area contributed by atoms with Crippen molar-refractivity contribution in [1.82, 2.24) is 14.6 Å². The number of amides is 1. The van der Waals surface area contributed by atoms with E-state index in [-0.39, 0.29) is 0 Å². The smallest absolute Gasteiger partial charge is 0.266 e. The topological polar surface area (TPSA) is 76.2 Å². The van der Waals surface area contributed by atoms with Crippen LogP contribution in [-0.2, 0) is 0 Å². The van der Waals surface area contributed by atoms with Crippen LogP contribution in [0, 0.1) is 0 Å². The second kappa shape index (κ2) is 2.60. The number of hydrogen-bond acceptors (Lipinski definition) is 2. The van der Waals surface area contributed by atoms with Crippen LogP contribution >= 0.6 is 0 Å². The fourth-order valence-electron chi connectivity index (χ4n) is 1.67. The lowest BCUT2D eigenvalue weighted by atomic mass is 10.3. The van der Waals surface area contributed by atoms with E-state index >= 15 is 0 Å². The van der Waals surface area contributed by atoms with Gasteiger partial charge in [0.1, 0.15) is 5.69 Å². The number of carbonyl (C=O) groups is 1. The number of carbonyl (C=O) groups excluding carboxylic acids is 1. The fourth-order valence-corrected chi connectivity index (χ4v) is 1.67. The van der Waals surface area contributed by atoms with E-state index in [9.17, 15) is 4.79 Å². The predicted molar refractivity (Wildman–Crippen MR) is 55.6 cm³/mol. The maximum atomic E-state index is 11.0. The Hall–Kier alpha value is -2.30. The molecule has 0 aliphatic heterocycles. The summed E-state index contributed by atoms with van der Waals surface area (Å²) in [5.41, 5.74) is 8.05. The third-order valence-electron chi connectivity index (χ3n) is 2.36. The average molecular weight is 200 g/mol. The number of nitrogens with one attached hydrogen (secondary N) is 1. The zero-order valence-corrected chi connectivity index (χ0v) is 7.77. The van der Waals surface area contributed by atoms with Gasteiger partial charge in [0.15, 0.2) is 5.65 Å². The molecule has 2 heterocycles. The first-order valence-electron chi connectivity index (χ1n) is 4.52. The van der Waals surface area contributed by atoms with Crippen molar-refractivity contribution >= 4 is 22.6 Å². The minimum Gasteiger partial charge on any atom is -0.364 e. The summed E-state index contributed by atoms with van der Waals surface area (Å²) in [5.74, 6) is -0.482. The molecule has 0 unspecified atom stereocenters. The molecule has 0 spiro atoms. The largest absolute Gasteiger partial charge is 0.364 e. The van der Waals surface area contributed by atoms with Gasteiger partial charge in [-0.1, -0.05) is 12.1 Å². The minimum atomic E-state index is -0.482. The van der Waals surface area contributed by atoms with Crippen LogP contribution in [0.2, 0.25) is 0 Å². The van der Waals surface area contributed by atoms with Gasteiger partial charge in [0.05, 0.1) is 11.0 Å². The van der Waals surface area contributed by atoms with E-state index in [4.69, 9.17) is 5.73 Å². The standard InChI is InChI=1S/C10H8N4O/c11-10(15)7-5-9-12-6-3-1-2-4-8(6)14(9)13-7/h1-5,13H,(H2,11,15). The van der Waals surface area contributed by atoms with E-state index in [2.05, 4.69) is 10.1 Å². The molecule has 0 bridgehead atoms. The summed E-state index contributed by atoms with van der Waals surface area (Å²) in [5, 5.41) is 2.90. The highest BCUT2D eigenvalue weighted by atomic mass is 16.1. The molecule has 5 nitrogen and oxygen atoms in total. The Morgan fingerprint density at radius 2 is 2.20 bits per heavy atom. The quantitative estimate of drug-likeness (QED) is 0.612. The molecule has 3 N–H and O–H groups in total. The highest BCUT2D eigenvalue weighted by Gasteiger charge is 2.09. The molecule has 2 aromatic heterocycles. The summed E-state index contributed by atoms with van der Waals surface area (Å²) in [6.07, 6.45) is 0. The molecule has 0 saturated heterocycles. The van der Waals surface area contributed by atoms with Gasteiger partial charge in [0.2, 0.25) is 0 Å². The average Bonchev–Trinajstić information content (AvgIpc) is 2.73. The third kappa shape index (κ3) is 1.03. The number of nitrogens with zero attached hydrogens (tertiary/aromatic N) is 2. The molecule has 5 heteroatoms. The number of aromatic nitrogens is 3. The Morgan fingerprint density at radius 1 is 1.40 bits per heavy atom. The van der Waals surface area contributed by atoms with Crippen molar-refractivity contribution in [1.29, 1.82) is 0 Å². The number of primary amides is 1. The minimum absolute atomic E-state index is 0.364. The first kappa shape index (κ1) is 8.05. The van der Waals surface area contributed by atoms with Crippen molar-refractivity contribution < 1.29 is 4.79 Å². The van der Waals surface area contributed by atoms with Crippen molar-refractivity contribution in [2.75, 3.05) is 0 Å². The van der Waals surface area contributed by atoms with Gasteiger partial charge in [-0.2, -0.15) is 0 Å². The molecule has 74 valence electrons. The van der Waals surface area contributed by atoms with Gasteiger partial charge < -0.3 is 5.73 Å². The van der Waals surface area contributed by atoms with E-state index < -0.39 is 5.91 Å². The third-order valence-corrected chi connectivity index (χ3v) is 2.36. The van der Waals surface area contributed by atoms with Crippen molar-refractivity contribution in [3.05, 3.63) is 36.0 Å². The summed E-state index contributed by atoms with van der Waals surface area (Å²) in [6.45, 7) is 0. The van der Waals surface area contributed by atoms with E-state index in [1.54, 1.807) is 10.6 Å². The first-order valence-corrected chi connectivity index (χ1v) is 4.52. The Morgan fingerprint density at radius 3 is 3.00 bits per heavy atom. The first-order chi connectivity index (χ1) is 7.25. The molecular weight excluding hydrogens is 192 g/mol. The molecule has 1 amide bonds. The molecule has 1 aromatic carbocycles. The molecule has 0 radical (unpaired) electrons. The number of para-hydroxylation sites is 2. The van der Waals surface area contributed by atoms with Gasteiger partial charge >= 0.3 is 0 Å². The van der Waals surface area contributed by atoms with Crippen LogP contribution in [0.25, 0.3) is 16.7 Å². The second-order valence-corrected chi connectivity index (χ2v) is 3.33. The summed E-state index contributed by atoms with van der Waals surface area (Å²) in [7, 11) is 0. The van der Waals surface area contributed by atoms with Crippen LogP contribution < -0.4 is 5.73 Å². The van der Waals surface area contributed by atoms with Crippen LogP contribution in [0.4, 0.5) is 0 Å². The maximum Gasteiger partial charge on any atom is 0.266 e. The Kier molecular flexibility index (Phi) is 1.39. The molecule has 3 rings (SSSR count). The fraction of sp³-hybridized carbons (Fsp3) is 0.